The second-order valence-corrected chi connectivity index (χ2v) is 9.10. The number of benzene rings is 1. The molecule has 0 aliphatic carbocycles. The van der Waals surface area contributed by atoms with E-state index in [1.54, 1.807) is 41.0 Å². The van der Waals surface area contributed by atoms with Gasteiger partial charge in [-0.05, 0) is 61.2 Å². The van der Waals surface area contributed by atoms with Gasteiger partial charge in [-0.15, -0.1) is 0 Å². The maximum Gasteiger partial charge on any atom is 0.243 e. The van der Waals surface area contributed by atoms with E-state index < -0.39 is 10.0 Å². The van der Waals surface area contributed by atoms with Gasteiger partial charge in [0.25, 0.3) is 0 Å². The summed E-state index contributed by atoms with van der Waals surface area (Å²) in [5.41, 5.74) is 1.62. The molecule has 156 valence electrons. The zero-order valence-electron chi connectivity index (χ0n) is 16.7. The standard InChI is InChI=1S/C21H28N4O3S/c1-2-19-5-3-4-14-25(19)29(27,28)20-8-6-18(7-9-20)24-21(26)16-23-15-17-10-12-22-13-11-17/h6-13,19,23H,2-5,14-16H2,1H3,(H,24,26). The Hall–Kier alpha value is -2.29. The summed E-state index contributed by atoms with van der Waals surface area (Å²) in [6.45, 7) is 3.33. The third kappa shape index (κ3) is 5.62. The number of carbonyl (C=O) groups is 1. The number of rotatable bonds is 8. The quantitative estimate of drug-likeness (QED) is 0.690. The molecule has 1 aromatic carbocycles. The van der Waals surface area contributed by atoms with Crippen molar-refractivity contribution in [2.45, 2.75) is 50.1 Å². The van der Waals surface area contributed by atoms with Gasteiger partial charge in [-0.25, -0.2) is 8.42 Å². The summed E-state index contributed by atoms with van der Waals surface area (Å²) in [4.78, 5) is 16.3. The zero-order valence-corrected chi connectivity index (χ0v) is 17.5. The van der Waals surface area contributed by atoms with Crippen LogP contribution in [0.25, 0.3) is 0 Å². The van der Waals surface area contributed by atoms with Crippen LogP contribution in [-0.2, 0) is 21.4 Å². The number of anilines is 1. The van der Waals surface area contributed by atoms with E-state index in [-0.39, 0.29) is 23.4 Å². The molecule has 1 saturated heterocycles. The lowest BCUT2D eigenvalue weighted by atomic mass is 10.0. The Labute approximate surface area is 172 Å². The molecule has 1 aromatic heterocycles. The first-order valence-corrected chi connectivity index (χ1v) is 11.5. The summed E-state index contributed by atoms with van der Waals surface area (Å²) in [5, 5.41) is 5.85. The van der Waals surface area contributed by atoms with E-state index in [0.717, 1.165) is 31.2 Å². The molecule has 2 N–H and O–H groups in total. The number of pyridine rings is 1. The minimum Gasteiger partial charge on any atom is -0.325 e. The lowest BCUT2D eigenvalue weighted by Crippen LogP contribution is -2.43. The molecule has 1 aliphatic heterocycles. The van der Waals surface area contributed by atoms with Crippen LogP contribution in [0.4, 0.5) is 5.69 Å². The van der Waals surface area contributed by atoms with Crippen molar-refractivity contribution >= 4 is 21.6 Å². The molecule has 0 saturated carbocycles. The molecule has 0 bridgehead atoms. The minimum atomic E-state index is -3.51. The molecule has 0 spiro atoms. The highest BCUT2D eigenvalue weighted by molar-refractivity contribution is 7.89. The van der Waals surface area contributed by atoms with E-state index in [2.05, 4.69) is 15.6 Å². The van der Waals surface area contributed by atoms with Crippen LogP contribution >= 0.6 is 0 Å². The summed E-state index contributed by atoms with van der Waals surface area (Å²) in [7, 11) is -3.51. The lowest BCUT2D eigenvalue weighted by Gasteiger charge is -2.34. The van der Waals surface area contributed by atoms with Crippen molar-refractivity contribution < 1.29 is 13.2 Å². The fourth-order valence-electron chi connectivity index (χ4n) is 3.57. The lowest BCUT2D eigenvalue weighted by molar-refractivity contribution is -0.115. The molecule has 0 radical (unpaired) electrons. The number of aromatic nitrogens is 1. The number of amides is 1. The van der Waals surface area contributed by atoms with Gasteiger partial charge >= 0.3 is 0 Å². The molecule has 7 nitrogen and oxygen atoms in total. The predicted molar refractivity (Wildman–Crippen MR) is 113 cm³/mol. The second kappa shape index (κ2) is 9.96. The summed E-state index contributed by atoms with van der Waals surface area (Å²) < 4.78 is 27.6. The third-order valence-electron chi connectivity index (χ3n) is 5.15. The molecule has 1 aliphatic rings. The highest BCUT2D eigenvalue weighted by Gasteiger charge is 2.32. The highest BCUT2D eigenvalue weighted by atomic mass is 32.2. The zero-order chi connectivity index (χ0) is 20.7. The van der Waals surface area contributed by atoms with E-state index in [0.29, 0.717) is 18.8 Å². The molecule has 3 rings (SSSR count). The number of piperidine rings is 1. The smallest absolute Gasteiger partial charge is 0.243 e. The van der Waals surface area contributed by atoms with Gasteiger partial charge in [-0.1, -0.05) is 13.3 Å². The van der Waals surface area contributed by atoms with Gasteiger partial charge < -0.3 is 10.6 Å². The molecular formula is C21H28N4O3S. The Morgan fingerprint density at radius 3 is 2.55 bits per heavy atom. The van der Waals surface area contributed by atoms with Crippen molar-refractivity contribution in [2.24, 2.45) is 0 Å². The number of nitrogens with zero attached hydrogens (tertiary/aromatic N) is 2. The maximum absolute atomic E-state index is 13.0. The number of sulfonamides is 1. The first kappa shape index (κ1) is 21.4. The van der Waals surface area contributed by atoms with Crippen molar-refractivity contribution in [1.82, 2.24) is 14.6 Å². The van der Waals surface area contributed by atoms with Gasteiger partial charge in [-0.3, -0.25) is 9.78 Å². The van der Waals surface area contributed by atoms with E-state index in [4.69, 9.17) is 0 Å². The Bertz CT molecular complexity index is 901. The van der Waals surface area contributed by atoms with Crippen LogP contribution in [0.1, 0.15) is 38.2 Å². The van der Waals surface area contributed by atoms with E-state index in [9.17, 15) is 13.2 Å². The van der Waals surface area contributed by atoms with Crippen molar-refractivity contribution in [3.05, 3.63) is 54.4 Å². The van der Waals surface area contributed by atoms with Gasteiger partial charge in [0.05, 0.1) is 11.4 Å². The molecule has 2 heterocycles. The molecular weight excluding hydrogens is 388 g/mol. The van der Waals surface area contributed by atoms with Crippen LogP contribution in [-0.4, -0.2) is 42.7 Å². The number of hydrogen-bond acceptors (Lipinski definition) is 5. The van der Waals surface area contributed by atoms with E-state index in [1.165, 1.54) is 0 Å². The van der Waals surface area contributed by atoms with Gasteiger partial charge in [-0.2, -0.15) is 4.31 Å². The Morgan fingerprint density at radius 1 is 1.14 bits per heavy atom. The number of hydrogen-bond donors (Lipinski definition) is 2. The predicted octanol–water partition coefficient (Wildman–Crippen LogP) is 2.76. The third-order valence-corrected chi connectivity index (χ3v) is 7.12. The van der Waals surface area contributed by atoms with Gasteiger partial charge in [0.2, 0.25) is 15.9 Å². The molecule has 1 atom stereocenters. The molecule has 1 unspecified atom stereocenters. The Kier molecular flexibility index (Phi) is 7.35. The molecule has 1 fully saturated rings. The average Bonchev–Trinajstić information content (AvgIpc) is 2.75. The number of carbonyl (C=O) groups excluding carboxylic acids is 1. The largest absolute Gasteiger partial charge is 0.325 e. The van der Waals surface area contributed by atoms with Crippen molar-refractivity contribution in [1.29, 1.82) is 0 Å². The Morgan fingerprint density at radius 2 is 1.86 bits per heavy atom. The first-order valence-electron chi connectivity index (χ1n) is 10.0. The van der Waals surface area contributed by atoms with Crippen LogP contribution in [0.5, 0.6) is 0 Å². The SMILES string of the molecule is CCC1CCCCN1S(=O)(=O)c1ccc(NC(=O)CNCc2ccncc2)cc1. The van der Waals surface area contributed by atoms with Crippen LogP contribution in [0.3, 0.4) is 0 Å². The summed E-state index contributed by atoms with van der Waals surface area (Å²) in [5.74, 6) is -0.184. The summed E-state index contributed by atoms with van der Waals surface area (Å²) in [6.07, 6.45) is 7.12. The first-order chi connectivity index (χ1) is 14.0. The van der Waals surface area contributed by atoms with Gasteiger partial charge in [0.15, 0.2) is 0 Å². The molecule has 8 heteroatoms. The maximum atomic E-state index is 13.0. The van der Waals surface area contributed by atoms with E-state index in [1.807, 2.05) is 19.1 Å². The second-order valence-electron chi connectivity index (χ2n) is 7.21. The fraction of sp³-hybridized carbons (Fsp3) is 0.429. The monoisotopic (exact) mass is 416 g/mol. The Balaban J connectivity index is 1.56. The average molecular weight is 417 g/mol. The van der Waals surface area contributed by atoms with Crippen LogP contribution in [0, 0.1) is 0 Å². The number of nitrogens with one attached hydrogen (secondary N) is 2. The molecule has 1 amide bonds. The highest BCUT2D eigenvalue weighted by Crippen LogP contribution is 2.27. The van der Waals surface area contributed by atoms with Gasteiger partial charge in [0.1, 0.15) is 0 Å². The summed E-state index contributed by atoms with van der Waals surface area (Å²) >= 11 is 0. The van der Waals surface area contributed by atoms with Crippen LogP contribution < -0.4 is 10.6 Å². The van der Waals surface area contributed by atoms with Crippen molar-refractivity contribution in [2.75, 3.05) is 18.4 Å². The summed E-state index contributed by atoms with van der Waals surface area (Å²) in [6, 6.07) is 10.2. The van der Waals surface area contributed by atoms with Crippen LogP contribution in [0.2, 0.25) is 0 Å². The van der Waals surface area contributed by atoms with Crippen molar-refractivity contribution in [3.63, 3.8) is 0 Å². The van der Waals surface area contributed by atoms with E-state index >= 15 is 0 Å². The van der Waals surface area contributed by atoms with Gasteiger partial charge in [0, 0.05) is 37.2 Å². The fourth-order valence-corrected chi connectivity index (χ4v) is 5.34. The van der Waals surface area contributed by atoms with Crippen LogP contribution in [0.15, 0.2) is 53.7 Å². The minimum absolute atomic E-state index is 0.0691. The topological polar surface area (TPSA) is 91.4 Å². The molecule has 2 aromatic rings. The van der Waals surface area contributed by atoms with Crippen molar-refractivity contribution in [3.8, 4) is 0 Å². The normalized spacial score (nSPS) is 17.8. The molecule has 29 heavy (non-hydrogen) atoms.